The van der Waals surface area contributed by atoms with E-state index in [4.69, 9.17) is 4.74 Å². The summed E-state index contributed by atoms with van der Waals surface area (Å²) in [4.78, 5) is 15.2. The predicted molar refractivity (Wildman–Crippen MR) is 60.9 cm³/mol. The normalized spacial score (nSPS) is 8.80. The van der Waals surface area contributed by atoms with Gasteiger partial charge in [-0.15, -0.1) is 0 Å². The van der Waals surface area contributed by atoms with Crippen LogP contribution in [0.2, 0.25) is 0 Å². The number of nitrogens with zero attached hydrogens (tertiary/aromatic N) is 1. The monoisotopic (exact) mass is 209 g/mol. The lowest BCUT2D eigenvalue weighted by atomic mass is 10.2. The van der Waals surface area contributed by atoms with Gasteiger partial charge < -0.3 is 4.74 Å². The number of carbonyl (C=O) groups is 1. The molecule has 15 heavy (non-hydrogen) atoms. The van der Waals surface area contributed by atoms with Crippen molar-refractivity contribution in [3.63, 3.8) is 0 Å². The van der Waals surface area contributed by atoms with Gasteiger partial charge in [-0.25, -0.2) is 4.79 Å². The average molecular weight is 209 g/mol. The zero-order valence-electron chi connectivity index (χ0n) is 9.91. The molecule has 0 aliphatic carbocycles. The van der Waals surface area contributed by atoms with E-state index in [0.29, 0.717) is 12.2 Å². The number of hydrogen-bond donors (Lipinski definition) is 0. The largest absolute Gasteiger partial charge is 0.462 e. The molecule has 1 heterocycles. The summed E-state index contributed by atoms with van der Waals surface area (Å²) in [5, 5.41) is 0. The maximum atomic E-state index is 11.3. The molecule has 3 heteroatoms. The Labute approximate surface area is 91.5 Å². The van der Waals surface area contributed by atoms with Crippen LogP contribution in [0, 0.1) is 0 Å². The highest BCUT2D eigenvalue weighted by molar-refractivity contribution is 5.89. The van der Waals surface area contributed by atoms with Crippen LogP contribution in [0.3, 0.4) is 0 Å². The molecule has 1 aromatic rings. The first-order chi connectivity index (χ1) is 7.27. The minimum atomic E-state index is -0.301. The first kappa shape index (κ1) is 13.6. The zero-order valence-corrected chi connectivity index (χ0v) is 9.91. The Kier molecular flexibility index (Phi) is 7.24. The van der Waals surface area contributed by atoms with Crippen LogP contribution >= 0.6 is 0 Å². The highest BCUT2D eigenvalue weighted by atomic mass is 16.5. The van der Waals surface area contributed by atoms with Crippen LogP contribution in [0.1, 0.15) is 43.6 Å². The van der Waals surface area contributed by atoms with E-state index in [2.05, 4.69) is 4.98 Å². The third-order valence-corrected chi connectivity index (χ3v) is 1.71. The molecule has 0 aromatic carbocycles. The molecular formula is C12H19NO2. The first-order valence-corrected chi connectivity index (χ1v) is 5.39. The van der Waals surface area contributed by atoms with E-state index >= 15 is 0 Å². The van der Waals surface area contributed by atoms with Crippen molar-refractivity contribution >= 4 is 5.97 Å². The molecular weight excluding hydrogens is 190 g/mol. The van der Waals surface area contributed by atoms with Crippen molar-refractivity contribution in [2.75, 3.05) is 6.61 Å². The smallest absolute Gasteiger partial charge is 0.339 e. The van der Waals surface area contributed by atoms with E-state index in [1.807, 2.05) is 26.8 Å². The van der Waals surface area contributed by atoms with Crippen LogP contribution in [-0.4, -0.2) is 17.6 Å². The molecule has 0 unspecified atom stereocenters. The van der Waals surface area contributed by atoms with Crippen molar-refractivity contribution in [3.8, 4) is 0 Å². The number of esters is 1. The van der Waals surface area contributed by atoms with Gasteiger partial charge in [0.15, 0.2) is 0 Å². The van der Waals surface area contributed by atoms with Gasteiger partial charge in [-0.1, -0.05) is 20.8 Å². The molecule has 0 radical (unpaired) electrons. The molecule has 0 saturated heterocycles. The van der Waals surface area contributed by atoms with Gasteiger partial charge in [0, 0.05) is 12.4 Å². The Bertz CT molecular complexity index is 297. The lowest BCUT2D eigenvalue weighted by Gasteiger charge is -2.02. The highest BCUT2D eigenvalue weighted by Crippen LogP contribution is 2.04. The van der Waals surface area contributed by atoms with Crippen molar-refractivity contribution in [1.29, 1.82) is 0 Å². The Hall–Kier alpha value is -1.38. The molecule has 0 atom stereocenters. The summed E-state index contributed by atoms with van der Waals surface area (Å²) < 4.78 is 4.85. The molecule has 3 nitrogen and oxygen atoms in total. The van der Waals surface area contributed by atoms with Crippen molar-refractivity contribution in [2.24, 2.45) is 0 Å². The van der Waals surface area contributed by atoms with E-state index in [0.717, 1.165) is 12.0 Å². The van der Waals surface area contributed by atoms with Crippen LogP contribution in [0.4, 0.5) is 0 Å². The van der Waals surface area contributed by atoms with Crippen LogP contribution in [0.5, 0.6) is 0 Å². The van der Waals surface area contributed by atoms with E-state index in [-0.39, 0.29) is 5.97 Å². The molecule has 1 rings (SSSR count). The molecule has 0 aliphatic heterocycles. The van der Waals surface area contributed by atoms with E-state index in [1.54, 1.807) is 13.1 Å². The van der Waals surface area contributed by atoms with Crippen molar-refractivity contribution in [2.45, 2.75) is 34.1 Å². The van der Waals surface area contributed by atoms with Crippen LogP contribution in [-0.2, 0) is 11.2 Å². The van der Waals surface area contributed by atoms with Crippen molar-refractivity contribution in [1.82, 2.24) is 4.98 Å². The summed E-state index contributed by atoms with van der Waals surface area (Å²) in [5.74, 6) is -0.301. The molecule has 0 aliphatic rings. The number of carbonyl (C=O) groups excluding carboxylic acids is 1. The summed E-state index contributed by atoms with van der Waals surface area (Å²) >= 11 is 0. The lowest BCUT2D eigenvalue weighted by Crippen LogP contribution is -2.05. The third kappa shape index (κ3) is 4.58. The van der Waals surface area contributed by atoms with E-state index in [1.165, 1.54) is 6.20 Å². The first-order valence-electron chi connectivity index (χ1n) is 5.39. The maximum absolute atomic E-state index is 11.3. The SMILES string of the molecule is CC.CCOC(=O)c1cncc(CC)c1. The molecule has 84 valence electrons. The fourth-order valence-corrected chi connectivity index (χ4v) is 1.01. The second kappa shape index (κ2) is 7.97. The molecule has 0 fully saturated rings. The topological polar surface area (TPSA) is 39.2 Å². The highest BCUT2D eigenvalue weighted by Gasteiger charge is 2.06. The second-order valence-corrected chi connectivity index (χ2v) is 2.66. The Balaban J connectivity index is 0.000000921. The van der Waals surface area contributed by atoms with Gasteiger partial charge >= 0.3 is 5.97 Å². The van der Waals surface area contributed by atoms with Gasteiger partial charge in [0.05, 0.1) is 12.2 Å². The summed E-state index contributed by atoms with van der Waals surface area (Å²) in [6, 6.07) is 1.81. The Morgan fingerprint density at radius 1 is 1.33 bits per heavy atom. The molecule has 0 bridgehead atoms. The second-order valence-electron chi connectivity index (χ2n) is 2.66. The number of rotatable bonds is 3. The summed E-state index contributed by atoms with van der Waals surface area (Å²) in [5.41, 5.74) is 1.58. The van der Waals surface area contributed by atoms with Gasteiger partial charge in [-0.05, 0) is 25.0 Å². The Morgan fingerprint density at radius 3 is 2.53 bits per heavy atom. The fourth-order valence-electron chi connectivity index (χ4n) is 1.01. The summed E-state index contributed by atoms with van der Waals surface area (Å²) in [6.45, 7) is 8.20. The van der Waals surface area contributed by atoms with Crippen molar-refractivity contribution in [3.05, 3.63) is 29.6 Å². The van der Waals surface area contributed by atoms with Gasteiger partial charge in [0.25, 0.3) is 0 Å². The van der Waals surface area contributed by atoms with Gasteiger partial charge in [-0.2, -0.15) is 0 Å². The molecule has 0 saturated carbocycles. The number of pyridine rings is 1. The zero-order chi connectivity index (χ0) is 11.7. The fraction of sp³-hybridized carbons (Fsp3) is 0.500. The van der Waals surface area contributed by atoms with E-state index in [9.17, 15) is 4.79 Å². The molecule has 0 amide bonds. The van der Waals surface area contributed by atoms with Crippen LogP contribution in [0.15, 0.2) is 18.5 Å². The molecule has 0 spiro atoms. The van der Waals surface area contributed by atoms with E-state index < -0.39 is 0 Å². The maximum Gasteiger partial charge on any atom is 0.339 e. The quantitative estimate of drug-likeness (QED) is 0.718. The van der Waals surface area contributed by atoms with Gasteiger partial charge in [0.1, 0.15) is 0 Å². The van der Waals surface area contributed by atoms with Crippen LogP contribution < -0.4 is 0 Å². The predicted octanol–water partition coefficient (Wildman–Crippen LogP) is 2.85. The molecule has 1 aromatic heterocycles. The number of hydrogen-bond acceptors (Lipinski definition) is 3. The van der Waals surface area contributed by atoms with Gasteiger partial charge in [0.2, 0.25) is 0 Å². The summed E-state index contributed by atoms with van der Waals surface area (Å²) in [7, 11) is 0. The van der Waals surface area contributed by atoms with Crippen LogP contribution in [0.25, 0.3) is 0 Å². The standard InChI is InChI=1S/C10H13NO2.C2H6/c1-3-8-5-9(7-11-6-8)10(12)13-4-2;1-2/h5-7H,3-4H2,1-2H3;1-2H3. The minimum Gasteiger partial charge on any atom is -0.462 e. The number of aryl methyl sites for hydroxylation is 1. The van der Waals surface area contributed by atoms with Gasteiger partial charge in [-0.3, -0.25) is 4.98 Å². The average Bonchev–Trinajstić information content (AvgIpc) is 2.32. The molecule has 0 N–H and O–H groups in total. The number of ether oxygens (including phenoxy) is 1. The Morgan fingerprint density at radius 2 is 2.00 bits per heavy atom. The summed E-state index contributed by atoms with van der Waals surface area (Å²) in [6.07, 6.45) is 4.15. The van der Waals surface area contributed by atoms with Crippen molar-refractivity contribution < 1.29 is 9.53 Å². The minimum absolute atomic E-state index is 0.301. The lowest BCUT2D eigenvalue weighted by molar-refractivity contribution is 0.0525. The third-order valence-electron chi connectivity index (χ3n) is 1.71. The number of aromatic nitrogens is 1.